The zero-order valence-corrected chi connectivity index (χ0v) is 10.6. The number of benzene rings is 1. The van der Waals surface area contributed by atoms with E-state index in [1.807, 2.05) is 0 Å². The summed E-state index contributed by atoms with van der Waals surface area (Å²) in [4.78, 5) is 2.33. The van der Waals surface area contributed by atoms with Crippen molar-refractivity contribution in [2.45, 2.75) is 39.8 Å². The first-order valence-corrected chi connectivity index (χ1v) is 6.06. The molecule has 1 nitrogen and oxygen atoms in total. The van der Waals surface area contributed by atoms with Crippen molar-refractivity contribution in [3.8, 4) is 0 Å². The first kappa shape index (κ1) is 12.5. The van der Waals surface area contributed by atoms with Gasteiger partial charge in [-0.2, -0.15) is 0 Å². The summed E-state index contributed by atoms with van der Waals surface area (Å²) in [5, 5.41) is 0. The van der Waals surface area contributed by atoms with Crippen LogP contribution >= 0.6 is 0 Å². The Labute approximate surface area is 101 Å². The summed E-state index contributed by atoms with van der Waals surface area (Å²) in [5.74, 6) is -1.53. The van der Waals surface area contributed by atoms with E-state index in [0.717, 1.165) is 12.1 Å². The highest BCUT2D eigenvalue weighted by Gasteiger charge is 2.36. The van der Waals surface area contributed by atoms with E-state index >= 15 is 0 Å². The molecule has 1 aliphatic rings. The first-order valence-electron chi connectivity index (χ1n) is 6.06. The highest BCUT2D eigenvalue weighted by Crippen LogP contribution is 2.34. The van der Waals surface area contributed by atoms with Crippen LogP contribution in [0.2, 0.25) is 0 Å². The van der Waals surface area contributed by atoms with Crippen molar-refractivity contribution in [3.05, 3.63) is 35.4 Å². The average molecular weight is 239 g/mol. The number of hydrogen-bond acceptors (Lipinski definition) is 1. The van der Waals surface area contributed by atoms with Crippen molar-refractivity contribution < 1.29 is 8.78 Å². The molecular weight excluding hydrogens is 220 g/mol. The second-order valence-electron chi connectivity index (χ2n) is 5.89. The molecule has 1 fully saturated rings. The molecular formula is C14H19F2N. The highest BCUT2D eigenvalue weighted by molar-refractivity contribution is 5.18. The lowest BCUT2D eigenvalue weighted by atomic mass is 9.79. The standard InChI is InChI=1S/C14H19F2N/c1-14(2,3)13-6-7-17(13)9-10-4-5-11(15)12(16)8-10/h4-5,8,13H,6-7,9H2,1-3H3. The molecule has 0 radical (unpaired) electrons. The minimum atomic E-state index is -0.773. The third-order valence-electron chi connectivity index (χ3n) is 3.50. The number of halogens is 2. The van der Waals surface area contributed by atoms with Crippen molar-refractivity contribution in [1.29, 1.82) is 0 Å². The van der Waals surface area contributed by atoms with Gasteiger partial charge in [0.2, 0.25) is 0 Å². The molecule has 1 atom stereocenters. The molecule has 1 aromatic rings. The second kappa shape index (κ2) is 4.37. The van der Waals surface area contributed by atoms with Gasteiger partial charge in [-0.15, -0.1) is 0 Å². The van der Waals surface area contributed by atoms with E-state index in [1.165, 1.54) is 18.6 Å². The van der Waals surface area contributed by atoms with E-state index in [0.29, 0.717) is 12.6 Å². The minimum Gasteiger partial charge on any atom is -0.296 e. The van der Waals surface area contributed by atoms with Crippen LogP contribution in [0, 0.1) is 17.0 Å². The smallest absolute Gasteiger partial charge is 0.159 e. The molecule has 3 heteroatoms. The second-order valence-corrected chi connectivity index (χ2v) is 5.89. The van der Waals surface area contributed by atoms with Crippen LogP contribution in [0.3, 0.4) is 0 Å². The molecule has 1 saturated heterocycles. The Morgan fingerprint density at radius 2 is 1.94 bits per heavy atom. The van der Waals surface area contributed by atoms with Crippen molar-refractivity contribution in [2.75, 3.05) is 6.54 Å². The molecule has 0 N–H and O–H groups in total. The van der Waals surface area contributed by atoms with Gasteiger partial charge in [-0.3, -0.25) is 4.90 Å². The zero-order valence-electron chi connectivity index (χ0n) is 10.6. The predicted octanol–water partition coefficient (Wildman–Crippen LogP) is 3.59. The fourth-order valence-electron chi connectivity index (χ4n) is 2.48. The van der Waals surface area contributed by atoms with Crippen LogP contribution < -0.4 is 0 Å². The number of nitrogens with zero attached hydrogens (tertiary/aromatic N) is 1. The van der Waals surface area contributed by atoms with Gasteiger partial charge in [0.25, 0.3) is 0 Å². The molecule has 1 unspecified atom stereocenters. The van der Waals surface area contributed by atoms with Crippen LogP contribution in [0.1, 0.15) is 32.8 Å². The summed E-state index contributed by atoms with van der Waals surface area (Å²) < 4.78 is 25.9. The molecule has 0 spiro atoms. The predicted molar refractivity (Wildman–Crippen MR) is 64.6 cm³/mol. The Kier molecular flexibility index (Phi) is 3.21. The van der Waals surface area contributed by atoms with Crippen LogP contribution in [-0.4, -0.2) is 17.5 Å². The molecule has 1 heterocycles. The largest absolute Gasteiger partial charge is 0.296 e. The Bertz CT molecular complexity index is 409. The van der Waals surface area contributed by atoms with E-state index in [4.69, 9.17) is 0 Å². The van der Waals surface area contributed by atoms with Gasteiger partial charge in [0.05, 0.1) is 0 Å². The summed E-state index contributed by atoms with van der Waals surface area (Å²) in [5.41, 5.74) is 1.09. The summed E-state index contributed by atoms with van der Waals surface area (Å²) in [6.45, 7) is 8.40. The van der Waals surface area contributed by atoms with Gasteiger partial charge >= 0.3 is 0 Å². The molecule has 2 rings (SSSR count). The van der Waals surface area contributed by atoms with Crippen LogP contribution in [-0.2, 0) is 6.54 Å². The summed E-state index contributed by atoms with van der Waals surface area (Å²) in [6, 6.07) is 4.70. The third kappa shape index (κ3) is 2.65. The normalized spacial score (nSPS) is 21.4. The van der Waals surface area contributed by atoms with Crippen LogP contribution in [0.4, 0.5) is 8.78 Å². The lowest BCUT2D eigenvalue weighted by Crippen LogP contribution is -2.53. The summed E-state index contributed by atoms with van der Waals surface area (Å²) in [7, 11) is 0. The minimum absolute atomic E-state index is 0.247. The average Bonchev–Trinajstić information content (AvgIpc) is 2.15. The third-order valence-corrected chi connectivity index (χ3v) is 3.50. The van der Waals surface area contributed by atoms with Gasteiger partial charge < -0.3 is 0 Å². The molecule has 1 aliphatic heterocycles. The van der Waals surface area contributed by atoms with E-state index in [1.54, 1.807) is 6.07 Å². The Balaban J connectivity index is 2.04. The quantitative estimate of drug-likeness (QED) is 0.762. The fraction of sp³-hybridized carbons (Fsp3) is 0.571. The first-order chi connectivity index (χ1) is 7.88. The van der Waals surface area contributed by atoms with Crippen LogP contribution in [0.15, 0.2) is 18.2 Å². The van der Waals surface area contributed by atoms with E-state index < -0.39 is 11.6 Å². The number of hydrogen-bond donors (Lipinski definition) is 0. The number of rotatable bonds is 2. The van der Waals surface area contributed by atoms with Crippen LogP contribution in [0.25, 0.3) is 0 Å². The molecule has 0 aromatic heterocycles. The van der Waals surface area contributed by atoms with E-state index in [2.05, 4.69) is 25.7 Å². The maximum atomic E-state index is 13.1. The topological polar surface area (TPSA) is 3.24 Å². The van der Waals surface area contributed by atoms with Crippen molar-refractivity contribution in [2.24, 2.45) is 5.41 Å². The van der Waals surface area contributed by atoms with Gasteiger partial charge in [0.15, 0.2) is 11.6 Å². The van der Waals surface area contributed by atoms with E-state index in [9.17, 15) is 8.78 Å². The molecule has 0 bridgehead atoms. The molecule has 1 aromatic carbocycles. The molecule has 17 heavy (non-hydrogen) atoms. The summed E-state index contributed by atoms with van der Waals surface area (Å²) in [6.07, 6.45) is 1.19. The lowest BCUT2D eigenvalue weighted by Gasteiger charge is -2.48. The zero-order chi connectivity index (χ0) is 12.6. The Morgan fingerprint density at radius 1 is 1.24 bits per heavy atom. The lowest BCUT2D eigenvalue weighted by molar-refractivity contribution is 0.00467. The maximum Gasteiger partial charge on any atom is 0.159 e. The van der Waals surface area contributed by atoms with E-state index in [-0.39, 0.29) is 5.41 Å². The van der Waals surface area contributed by atoms with Crippen LogP contribution in [0.5, 0.6) is 0 Å². The maximum absolute atomic E-state index is 13.1. The van der Waals surface area contributed by atoms with Gasteiger partial charge in [0, 0.05) is 19.1 Å². The van der Waals surface area contributed by atoms with Gasteiger partial charge in [-0.1, -0.05) is 26.8 Å². The Hall–Kier alpha value is -0.960. The highest BCUT2D eigenvalue weighted by atomic mass is 19.2. The summed E-state index contributed by atoms with van der Waals surface area (Å²) >= 11 is 0. The monoisotopic (exact) mass is 239 g/mol. The molecule has 0 saturated carbocycles. The molecule has 94 valence electrons. The van der Waals surface area contributed by atoms with Gasteiger partial charge in [0.1, 0.15) is 0 Å². The van der Waals surface area contributed by atoms with Crippen molar-refractivity contribution >= 4 is 0 Å². The van der Waals surface area contributed by atoms with Gasteiger partial charge in [-0.25, -0.2) is 8.78 Å². The fourth-order valence-corrected chi connectivity index (χ4v) is 2.48. The van der Waals surface area contributed by atoms with Crippen molar-refractivity contribution in [1.82, 2.24) is 4.90 Å². The van der Waals surface area contributed by atoms with Gasteiger partial charge in [-0.05, 0) is 29.5 Å². The number of likely N-dealkylation sites (tertiary alicyclic amines) is 1. The van der Waals surface area contributed by atoms with Crippen molar-refractivity contribution in [3.63, 3.8) is 0 Å². The molecule has 0 aliphatic carbocycles. The SMILES string of the molecule is CC(C)(C)C1CCN1Cc1ccc(F)c(F)c1. The molecule has 0 amide bonds. The Morgan fingerprint density at radius 3 is 2.41 bits per heavy atom.